The highest BCUT2D eigenvalue weighted by Crippen LogP contribution is 2.18. The van der Waals surface area contributed by atoms with Crippen LogP contribution in [0, 0.1) is 5.82 Å². The van der Waals surface area contributed by atoms with E-state index in [9.17, 15) is 9.18 Å². The molecule has 108 valence electrons. The molecule has 1 heterocycles. The molecule has 0 aromatic heterocycles. The molecule has 1 aromatic carbocycles. The van der Waals surface area contributed by atoms with Crippen LogP contribution in [0.15, 0.2) is 18.2 Å². The number of nitrogens with two attached hydrogens (primary N) is 1. The van der Waals surface area contributed by atoms with E-state index in [2.05, 4.69) is 10.2 Å². The summed E-state index contributed by atoms with van der Waals surface area (Å²) in [6.45, 7) is 3.90. The normalized spacial score (nSPS) is 19.7. The van der Waals surface area contributed by atoms with Crippen LogP contribution in [-0.2, 0) is 11.3 Å². The molecule has 1 aromatic rings. The zero-order chi connectivity index (χ0) is 14.7. The molecule has 0 aliphatic carbocycles. The second-order valence-corrected chi connectivity index (χ2v) is 5.29. The van der Waals surface area contributed by atoms with Crippen LogP contribution in [0.5, 0.6) is 0 Å². The van der Waals surface area contributed by atoms with Crippen molar-refractivity contribution in [2.45, 2.75) is 25.9 Å². The number of halogens is 1. The van der Waals surface area contributed by atoms with E-state index in [-0.39, 0.29) is 22.8 Å². The molecule has 1 saturated heterocycles. The van der Waals surface area contributed by atoms with Gasteiger partial charge in [-0.2, -0.15) is 0 Å². The Hall–Kier alpha value is -1.53. The number of hydrogen-bond donors (Lipinski definition) is 2. The second-order valence-electron chi connectivity index (χ2n) is 4.85. The zero-order valence-corrected chi connectivity index (χ0v) is 12.2. The van der Waals surface area contributed by atoms with Gasteiger partial charge in [-0.25, -0.2) is 4.39 Å². The standard InChI is InChI=1S/C14H18FN3OS/c1-2-12-14(19)17-5-6-18(12)8-9-3-4-10(15)7-11(9)13(16)20/h3-4,7,12H,2,5-6,8H2,1H3,(H2,16,20)(H,17,19). The number of rotatable bonds is 4. The fourth-order valence-electron chi connectivity index (χ4n) is 2.53. The molecular weight excluding hydrogens is 277 g/mol. The maximum atomic E-state index is 13.3. The number of hydrogen-bond acceptors (Lipinski definition) is 3. The highest BCUT2D eigenvalue weighted by atomic mass is 32.1. The van der Waals surface area contributed by atoms with Crippen molar-refractivity contribution in [3.05, 3.63) is 35.1 Å². The van der Waals surface area contributed by atoms with Crippen LogP contribution in [0.2, 0.25) is 0 Å². The number of piperazine rings is 1. The first kappa shape index (κ1) is 14.9. The molecule has 2 rings (SSSR count). The Balaban J connectivity index is 2.24. The van der Waals surface area contributed by atoms with Crippen LogP contribution in [0.1, 0.15) is 24.5 Å². The highest BCUT2D eigenvalue weighted by molar-refractivity contribution is 7.80. The third kappa shape index (κ3) is 3.13. The fraction of sp³-hybridized carbons (Fsp3) is 0.429. The first-order chi connectivity index (χ1) is 9.52. The highest BCUT2D eigenvalue weighted by Gasteiger charge is 2.28. The Morgan fingerprint density at radius 1 is 1.60 bits per heavy atom. The molecule has 1 fully saturated rings. The van der Waals surface area contributed by atoms with Crippen LogP contribution in [0.3, 0.4) is 0 Å². The van der Waals surface area contributed by atoms with Crippen LogP contribution in [0.25, 0.3) is 0 Å². The first-order valence-electron chi connectivity index (χ1n) is 6.63. The summed E-state index contributed by atoms with van der Waals surface area (Å²) < 4.78 is 13.3. The number of amides is 1. The van der Waals surface area contributed by atoms with Crippen molar-refractivity contribution in [2.75, 3.05) is 13.1 Å². The molecule has 0 spiro atoms. The van der Waals surface area contributed by atoms with Crippen molar-refractivity contribution < 1.29 is 9.18 Å². The zero-order valence-electron chi connectivity index (χ0n) is 11.4. The van der Waals surface area contributed by atoms with Crippen molar-refractivity contribution in [3.8, 4) is 0 Å². The summed E-state index contributed by atoms with van der Waals surface area (Å²) in [5.74, 6) is -0.322. The van der Waals surface area contributed by atoms with Crippen LogP contribution in [-0.4, -0.2) is 34.9 Å². The Morgan fingerprint density at radius 3 is 3.00 bits per heavy atom. The number of carbonyl (C=O) groups is 1. The number of nitrogens with one attached hydrogen (secondary N) is 1. The van der Waals surface area contributed by atoms with Crippen molar-refractivity contribution in [3.63, 3.8) is 0 Å². The van der Waals surface area contributed by atoms with Crippen molar-refractivity contribution >= 4 is 23.1 Å². The predicted molar refractivity (Wildman–Crippen MR) is 79.8 cm³/mol. The van der Waals surface area contributed by atoms with E-state index in [1.807, 2.05) is 6.92 Å². The minimum atomic E-state index is -0.361. The van der Waals surface area contributed by atoms with E-state index < -0.39 is 0 Å². The van der Waals surface area contributed by atoms with Gasteiger partial charge in [-0.15, -0.1) is 0 Å². The Bertz CT molecular complexity index is 535. The van der Waals surface area contributed by atoms with E-state index in [0.29, 0.717) is 18.7 Å². The molecular formula is C14H18FN3OS. The summed E-state index contributed by atoms with van der Waals surface area (Å²) in [5.41, 5.74) is 7.05. The molecule has 1 atom stereocenters. The van der Waals surface area contributed by atoms with Gasteiger partial charge in [0.2, 0.25) is 5.91 Å². The number of nitrogens with zero attached hydrogens (tertiary/aromatic N) is 1. The van der Waals surface area contributed by atoms with Gasteiger partial charge in [0.1, 0.15) is 10.8 Å². The van der Waals surface area contributed by atoms with Crippen molar-refractivity contribution in [1.29, 1.82) is 0 Å². The van der Waals surface area contributed by atoms with Gasteiger partial charge < -0.3 is 11.1 Å². The Kier molecular flexibility index (Phi) is 4.67. The Labute approximate surface area is 123 Å². The minimum absolute atomic E-state index is 0.0396. The molecule has 0 saturated carbocycles. The second kappa shape index (κ2) is 6.28. The third-order valence-electron chi connectivity index (χ3n) is 3.54. The van der Waals surface area contributed by atoms with Gasteiger partial charge in [0, 0.05) is 25.2 Å². The van der Waals surface area contributed by atoms with Gasteiger partial charge >= 0.3 is 0 Å². The monoisotopic (exact) mass is 295 g/mol. The molecule has 0 radical (unpaired) electrons. The smallest absolute Gasteiger partial charge is 0.237 e. The molecule has 0 bridgehead atoms. The summed E-state index contributed by atoms with van der Waals surface area (Å²) in [6, 6.07) is 4.27. The average molecular weight is 295 g/mol. The van der Waals surface area contributed by atoms with Crippen molar-refractivity contribution in [2.24, 2.45) is 5.73 Å². The summed E-state index contributed by atoms with van der Waals surface area (Å²) >= 11 is 4.97. The number of benzene rings is 1. The molecule has 20 heavy (non-hydrogen) atoms. The third-order valence-corrected chi connectivity index (χ3v) is 3.76. The summed E-state index contributed by atoms with van der Waals surface area (Å²) in [7, 11) is 0. The van der Waals surface area contributed by atoms with E-state index in [1.54, 1.807) is 6.07 Å². The SMILES string of the molecule is CCC1C(=O)NCCN1Cc1ccc(F)cc1C(N)=S. The van der Waals surface area contributed by atoms with Gasteiger partial charge in [-0.3, -0.25) is 9.69 Å². The van der Waals surface area contributed by atoms with Gasteiger partial charge in [-0.05, 0) is 24.1 Å². The van der Waals surface area contributed by atoms with E-state index in [4.69, 9.17) is 18.0 Å². The maximum absolute atomic E-state index is 13.3. The fourth-order valence-corrected chi connectivity index (χ4v) is 2.72. The lowest BCUT2D eigenvalue weighted by Crippen LogP contribution is -2.54. The quantitative estimate of drug-likeness (QED) is 0.819. The number of carbonyl (C=O) groups excluding carboxylic acids is 1. The lowest BCUT2D eigenvalue weighted by molar-refractivity contribution is -0.129. The van der Waals surface area contributed by atoms with E-state index >= 15 is 0 Å². The predicted octanol–water partition coefficient (Wildman–Crippen LogP) is 1.17. The molecule has 6 heteroatoms. The summed E-state index contributed by atoms with van der Waals surface area (Å²) in [4.78, 5) is 14.1. The Morgan fingerprint density at radius 2 is 2.35 bits per heavy atom. The van der Waals surface area contributed by atoms with E-state index in [1.165, 1.54) is 12.1 Å². The average Bonchev–Trinajstić information content (AvgIpc) is 2.41. The summed E-state index contributed by atoms with van der Waals surface area (Å²) in [6.07, 6.45) is 0.732. The molecule has 1 amide bonds. The van der Waals surface area contributed by atoms with Crippen LogP contribution in [0.4, 0.5) is 4.39 Å². The largest absolute Gasteiger partial charge is 0.389 e. The lowest BCUT2D eigenvalue weighted by Gasteiger charge is -2.34. The maximum Gasteiger partial charge on any atom is 0.237 e. The lowest BCUT2D eigenvalue weighted by atomic mass is 10.0. The van der Waals surface area contributed by atoms with Gasteiger partial charge in [0.15, 0.2) is 0 Å². The van der Waals surface area contributed by atoms with Crippen LogP contribution < -0.4 is 11.1 Å². The van der Waals surface area contributed by atoms with Gasteiger partial charge in [0.25, 0.3) is 0 Å². The number of thiocarbonyl (C=S) groups is 1. The molecule has 1 unspecified atom stereocenters. The molecule has 3 N–H and O–H groups in total. The topological polar surface area (TPSA) is 58.4 Å². The molecule has 4 nitrogen and oxygen atoms in total. The summed E-state index contributed by atoms with van der Waals surface area (Å²) in [5, 5.41) is 2.85. The van der Waals surface area contributed by atoms with Gasteiger partial charge in [-0.1, -0.05) is 25.2 Å². The minimum Gasteiger partial charge on any atom is -0.389 e. The molecule has 1 aliphatic rings. The molecule has 1 aliphatic heterocycles. The van der Waals surface area contributed by atoms with Gasteiger partial charge in [0.05, 0.1) is 6.04 Å². The van der Waals surface area contributed by atoms with Crippen LogP contribution >= 0.6 is 12.2 Å². The van der Waals surface area contributed by atoms with Crippen molar-refractivity contribution in [1.82, 2.24) is 10.2 Å². The van der Waals surface area contributed by atoms with E-state index in [0.717, 1.165) is 18.5 Å². The first-order valence-corrected chi connectivity index (χ1v) is 7.03.